The molecule has 0 saturated carbocycles. The summed E-state index contributed by atoms with van der Waals surface area (Å²) in [5, 5.41) is 11.0. The molecule has 1 rings (SSSR count). The SMILES string of the molecule is CCC(C)N(C)c1ccc(CCl)cc1[N+](=O)[O-]. The lowest BCUT2D eigenvalue weighted by molar-refractivity contribution is -0.384. The largest absolute Gasteiger partial charge is 0.366 e. The highest BCUT2D eigenvalue weighted by molar-refractivity contribution is 6.17. The Morgan fingerprint density at radius 1 is 1.53 bits per heavy atom. The number of halogens is 1. The highest BCUT2D eigenvalue weighted by Crippen LogP contribution is 2.30. The van der Waals surface area contributed by atoms with Crippen molar-refractivity contribution in [2.45, 2.75) is 32.2 Å². The number of nitro benzene ring substituents is 1. The first-order valence-electron chi connectivity index (χ1n) is 5.57. The third-order valence-corrected chi connectivity index (χ3v) is 3.33. The molecule has 0 N–H and O–H groups in total. The number of nitro groups is 1. The first kappa shape index (κ1) is 13.8. The summed E-state index contributed by atoms with van der Waals surface area (Å²) < 4.78 is 0. The van der Waals surface area contributed by atoms with Crippen molar-refractivity contribution >= 4 is 23.0 Å². The van der Waals surface area contributed by atoms with Crippen molar-refractivity contribution in [2.24, 2.45) is 0 Å². The molecule has 0 bridgehead atoms. The van der Waals surface area contributed by atoms with E-state index in [1.807, 2.05) is 24.9 Å². The summed E-state index contributed by atoms with van der Waals surface area (Å²) in [6.45, 7) is 4.10. The molecule has 0 amide bonds. The lowest BCUT2D eigenvalue weighted by Gasteiger charge is -2.25. The second kappa shape index (κ2) is 5.87. The van der Waals surface area contributed by atoms with E-state index in [1.165, 1.54) is 0 Å². The van der Waals surface area contributed by atoms with Gasteiger partial charge in [0.1, 0.15) is 5.69 Å². The Hall–Kier alpha value is -1.29. The molecule has 5 heteroatoms. The Balaban J connectivity index is 3.18. The van der Waals surface area contributed by atoms with Crippen LogP contribution >= 0.6 is 11.6 Å². The van der Waals surface area contributed by atoms with Crippen molar-refractivity contribution in [3.8, 4) is 0 Å². The van der Waals surface area contributed by atoms with Gasteiger partial charge in [-0.2, -0.15) is 0 Å². The van der Waals surface area contributed by atoms with Crippen molar-refractivity contribution < 1.29 is 4.92 Å². The van der Waals surface area contributed by atoms with Gasteiger partial charge in [0.05, 0.1) is 4.92 Å². The third-order valence-electron chi connectivity index (χ3n) is 3.02. The fourth-order valence-corrected chi connectivity index (χ4v) is 1.77. The number of alkyl halides is 1. The molecule has 1 aromatic rings. The highest BCUT2D eigenvalue weighted by atomic mass is 35.5. The van der Waals surface area contributed by atoms with Gasteiger partial charge in [-0.05, 0) is 25.0 Å². The van der Waals surface area contributed by atoms with Crippen molar-refractivity contribution in [3.63, 3.8) is 0 Å². The molecule has 0 fully saturated rings. The number of hydrogen-bond donors (Lipinski definition) is 0. The number of benzene rings is 1. The van der Waals surface area contributed by atoms with Gasteiger partial charge in [-0.25, -0.2) is 0 Å². The normalized spacial score (nSPS) is 12.2. The van der Waals surface area contributed by atoms with Crippen molar-refractivity contribution in [1.82, 2.24) is 0 Å². The van der Waals surface area contributed by atoms with E-state index in [1.54, 1.807) is 12.1 Å². The molecular weight excluding hydrogens is 240 g/mol. The molecule has 0 aliphatic heterocycles. The number of anilines is 1. The predicted octanol–water partition coefficient (Wildman–Crippen LogP) is 3.57. The number of rotatable bonds is 5. The monoisotopic (exact) mass is 256 g/mol. The Bertz CT molecular complexity index is 409. The minimum absolute atomic E-state index is 0.117. The maximum atomic E-state index is 11.0. The molecule has 4 nitrogen and oxygen atoms in total. The van der Waals surface area contributed by atoms with Crippen LogP contribution in [0.4, 0.5) is 11.4 Å². The molecule has 1 aromatic carbocycles. The zero-order valence-corrected chi connectivity index (χ0v) is 11.1. The molecule has 1 atom stereocenters. The summed E-state index contributed by atoms with van der Waals surface area (Å²) in [4.78, 5) is 12.6. The maximum Gasteiger partial charge on any atom is 0.292 e. The summed E-state index contributed by atoms with van der Waals surface area (Å²) >= 11 is 5.69. The van der Waals surface area contributed by atoms with E-state index in [4.69, 9.17) is 11.6 Å². The molecule has 1 unspecified atom stereocenters. The first-order valence-corrected chi connectivity index (χ1v) is 6.10. The van der Waals surface area contributed by atoms with Crippen molar-refractivity contribution in [2.75, 3.05) is 11.9 Å². The second-order valence-electron chi connectivity index (χ2n) is 4.08. The van der Waals surface area contributed by atoms with Gasteiger partial charge in [-0.1, -0.05) is 13.0 Å². The van der Waals surface area contributed by atoms with E-state index in [2.05, 4.69) is 6.92 Å². The minimum Gasteiger partial charge on any atom is -0.366 e. The molecule has 17 heavy (non-hydrogen) atoms. The topological polar surface area (TPSA) is 46.4 Å². The summed E-state index contributed by atoms with van der Waals surface area (Å²) in [5.41, 5.74) is 1.52. The summed E-state index contributed by atoms with van der Waals surface area (Å²) in [5.74, 6) is 0.286. The minimum atomic E-state index is -0.357. The van der Waals surface area contributed by atoms with Crippen molar-refractivity contribution in [3.05, 3.63) is 33.9 Å². The Morgan fingerprint density at radius 3 is 2.65 bits per heavy atom. The van der Waals surface area contributed by atoms with Crippen molar-refractivity contribution in [1.29, 1.82) is 0 Å². The van der Waals surface area contributed by atoms with E-state index < -0.39 is 0 Å². The van der Waals surface area contributed by atoms with Gasteiger partial charge in [0.25, 0.3) is 5.69 Å². The lowest BCUT2D eigenvalue weighted by Crippen LogP contribution is -2.28. The van der Waals surface area contributed by atoms with Crippen LogP contribution in [0.1, 0.15) is 25.8 Å². The Labute approximate surface area is 106 Å². The van der Waals surface area contributed by atoms with Crippen LogP contribution in [-0.2, 0) is 5.88 Å². The van der Waals surface area contributed by atoms with Crippen LogP contribution in [0.25, 0.3) is 0 Å². The third kappa shape index (κ3) is 3.09. The zero-order valence-electron chi connectivity index (χ0n) is 10.3. The van der Waals surface area contributed by atoms with Crippen LogP contribution in [-0.4, -0.2) is 18.0 Å². The van der Waals surface area contributed by atoms with E-state index >= 15 is 0 Å². The molecule has 0 radical (unpaired) electrons. The van der Waals surface area contributed by atoms with Gasteiger partial charge >= 0.3 is 0 Å². The van der Waals surface area contributed by atoms with Crippen LogP contribution in [0.2, 0.25) is 0 Å². The van der Waals surface area contributed by atoms with Gasteiger partial charge in [-0.3, -0.25) is 10.1 Å². The number of nitrogens with zero attached hydrogens (tertiary/aromatic N) is 2. The summed E-state index contributed by atoms with van der Waals surface area (Å²) in [7, 11) is 1.87. The predicted molar refractivity (Wildman–Crippen MR) is 70.8 cm³/mol. The molecule has 0 heterocycles. The van der Waals surface area contributed by atoms with Crippen LogP contribution in [0.5, 0.6) is 0 Å². The van der Waals surface area contributed by atoms with Crippen LogP contribution in [0.15, 0.2) is 18.2 Å². The quantitative estimate of drug-likeness (QED) is 0.460. The molecule has 0 aromatic heterocycles. The van der Waals surface area contributed by atoms with Gasteiger partial charge in [0.15, 0.2) is 0 Å². The maximum absolute atomic E-state index is 11.0. The van der Waals surface area contributed by atoms with Gasteiger partial charge in [0, 0.05) is 25.0 Å². The second-order valence-corrected chi connectivity index (χ2v) is 4.35. The van der Waals surface area contributed by atoms with E-state index in [-0.39, 0.29) is 22.5 Å². The van der Waals surface area contributed by atoms with Gasteiger partial charge < -0.3 is 4.90 Å². The molecule has 0 aliphatic rings. The van der Waals surface area contributed by atoms with Gasteiger partial charge in [0.2, 0.25) is 0 Å². The van der Waals surface area contributed by atoms with E-state index in [0.29, 0.717) is 5.69 Å². The molecular formula is C12H17ClN2O2. The fourth-order valence-electron chi connectivity index (χ4n) is 1.61. The standard InChI is InChI=1S/C12H17ClN2O2/c1-4-9(2)14(3)11-6-5-10(8-13)7-12(11)15(16)17/h5-7,9H,4,8H2,1-3H3. The highest BCUT2D eigenvalue weighted by Gasteiger charge is 2.20. The van der Waals surface area contributed by atoms with E-state index in [0.717, 1.165) is 12.0 Å². The molecule has 0 aliphatic carbocycles. The molecule has 0 spiro atoms. The summed E-state index contributed by atoms with van der Waals surface area (Å²) in [6, 6.07) is 5.40. The Kier molecular flexibility index (Phi) is 4.75. The first-order chi connectivity index (χ1) is 8.01. The fraction of sp³-hybridized carbons (Fsp3) is 0.500. The van der Waals surface area contributed by atoms with Crippen LogP contribution in [0, 0.1) is 10.1 Å². The smallest absolute Gasteiger partial charge is 0.292 e. The average molecular weight is 257 g/mol. The molecule has 0 saturated heterocycles. The molecule has 94 valence electrons. The van der Waals surface area contributed by atoms with Gasteiger partial charge in [-0.15, -0.1) is 11.6 Å². The van der Waals surface area contributed by atoms with E-state index in [9.17, 15) is 10.1 Å². The van der Waals surface area contributed by atoms with Crippen LogP contribution < -0.4 is 4.90 Å². The lowest BCUT2D eigenvalue weighted by atomic mass is 10.1. The summed E-state index contributed by atoms with van der Waals surface area (Å²) in [6.07, 6.45) is 0.935. The Morgan fingerprint density at radius 2 is 2.18 bits per heavy atom. The van der Waals surface area contributed by atoms with Crippen LogP contribution in [0.3, 0.4) is 0 Å². The zero-order chi connectivity index (χ0) is 13.0. The average Bonchev–Trinajstić information content (AvgIpc) is 2.35. The number of hydrogen-bond acceptors (Lipinski definition) is 3.